The van der Waals surface area contributed by atoms with Gasteiger partial charge in [0.2, 0.25) is 0 Å². The molecule has 10 heteroatoms. The van der Waals surface area contributed by atoms with Crippen molar-refractivity contribution in [1.82, 2.24) is 35.0 Å². The minimum atomic E-state index is -0.313. The van der Waals surface area contributed by atoms with Crippen molar-refractivity contribution in [3.63, 3.8) is 0 Å². The molecule has 34 heavy (non-hydrogen) atoms. The Morgan fingerprint density at radius 1 is 1.00 bits per heavy atom. The van der Waals surface area contributed by atoms with Crippen LogP contribution >= 0.6 is 0 Å². The molecule has 6 rings (SSSR count). The van der Waals surface area contributed by atoms with Crippen molar-refractivity contribution in [2.45, 2.75) is 44.2 Å². The standard InChI is InChI=1S/C24H31N7O3/c1-29-7-9-30(10-8-29)22(23-26-27-28-31(23)17-5-3-2-4-6-17)18-13-16-14-20-21(34-12-11-33-20)15-19(16)25-24(18)32/h13-15,17,22H,2-12H2,1H3,(H,25,32). The zero-order valence-corrected chi connectivity index (χ0v) is 19.6. The number of aromatic nitrogens is 5. The molecule has 1 atom stereocenters. The molecule has 1 saturated heterocycles. The van der Waals surface area contributed by atoms with Crippen LogP contribution in [0.15, 0.2) is 23.0 Å². The number of piperazine rings is 1. The average Bonchev–Trinajstić information content (AvgIpc) is 3.34. The molecule has 2 aromatic heterocycles. The zero-order valence-electron chi connectivity index (χ0n) is 19.6. The molecule has 3 aliphatic rings. The van der Waals surface area contributed by atoms with Gasteiger partial charge in [0.05, 0.1) is 11.6 Å². The second-order valence-corrected chi connectivity index (χ2v) is 9.65. The van der Waals surface area contributed by atoms with Crippen molar-refractivity contribution >= 4 is 10.9 Å². The van der Waals surface area contributed by atoms with Crippen LogP contribution in [-0.2, 0) is 0 Å². The molecule has 0 spiro atoms. The van der Waals surface area contributed by atoms with Crippen LogP contribution in [0.3, 0.4) is 0 Å². The molecule has 1 saturated carbocycles. The molecule has 1 aliphatic carbocycles. The van der Waals surface area contributed by atoms with E-state index in [0.717, 1.165) is 55.7 Å². The number of hydrogen-bond donors (Lipinski definition) is 1. The Bertz CT molecular complexity index is 1230. The van der Waals surface area contributed by atoms with Gasteiger partial charge in [-0.25, -0.2) is 4.68 Å². The summed E-state index contributed by atoms with van der Waals surface area (Å²) in [7, 11) is 2.13. The monoisotopic (exact) mass is 465 g/mol. The summed E-state index contributed by atoms with van der Waals surface area (Å²) in [5.74, 6) is 2.14. The summed E-state index contributed by atoms with van der Waals surface area (Å²) in [5, 5.41) is 13.9. The van der Waals surface area contributed by atoms with Crippen molar-refractivity contribution in [1.29, 1.82) is 0 Å². The number of fused-ring (bicyclic) bond motifs is 2. The fourth-order valence-corrected chi connectivity index (χ4v) is 5.51. The quantitative estimate of drug-likeness (QED) is 0.625. The van der Waals surface area contributed by atoms with Gasteiger partial charge in [0, 0.05) is 43.2 Å². The van der Waals surface area contributed by atoms with E-state index in [4.69, 9.17) is 9.47 Å². The van der Waals surface area contributed by atoms with Gasteiger partial charge in [-0.2, -0.15) is 0 Å². The summed E-state index contributed by atoms with van der Waals surface area (Å²) in [6, 6.07) is 5.76. The lowest BCUT2D eigenvalue weighted by Gasteiger charge is -2.37. The summed E-state index contributed by atoms with van der Waals surface area (Å²) in [6.07, 6.45) is 5.78. The Labute approximate surface area is 197 Å². The minimum absolute atomic E-state index is 0.119. The predicted molar refractivity (Wildman–Crippen MR) is 126 cm³/mol. The normalized spacial score (nSPS) is 21.1. The van der Waals surface area contributed by atoms with E-state index in [9.17, 15) is 4.79 Å². The van der Waals surface area contributed by atoms with Crippen molar-refractivity contribution < 1.29 is 9.47 Å². The number of H-pyrrole nitrogens is 1. The van der Waals surface area contributed by atoms with Gasteiger partial charge in [-0.3, -0.25) is 9.69 Å². The Morgan fingerprint density at radius 3 is 2.50 bits per heavy atom. The lowest BCUT2D eigenvalue weighted by molar-refractivity contribution is 0.119. The topological polar surface area (TPSA) is 101 Å². The molecule has 1 aromatic carbocycles. The van der Waals surface area contributed by atoms with Crippen LogP contribution in [0.5, 0.6) is 11.5 Å². The van der Waals surface area contributed by atoms with Crippen LogP contribution < -0.4 is 15.0 Å². The second-order valence-electron chi connectivity index (χ2n) is 9.65. The molecular formula is C24H31N7O3. The van der Waals surface area contributed by atoms with E-state index in [0.29, 0.717) is 30.3 Å². The molecule has 0 radical (unpaired) electrons. The molecule has 4 heterocycles. The van der Waals surface area contributed by atoms with E-state index in [-0.39, 0.29) is 17.6 Å². The average molecular weight is 466 g/mol. The Morgan fingerprint density at radius 2 is 1.74 bits per heavy atom. The smallest absolute Gasteiger partial charge is 0.253 e. The molecule has 1 unspecified atom stereocenters. The molecule has 2 fully saturated rings. The van der Waals surface area contributed by atoms with E-state index in [1.54, 1.807) is 0 Å². The molecule has 10 nitrogen and oxygen atoms in total. The van der Waals surface area contributed by atoms with Gasteiger partial charge in [-0.05, 0) is 42.4 Å². The third kappa shape index (κ3) is 3.94. The first-order valence-corrected chi connectivity index (χ1v) is 12.3. The molecule has 1 N–H and O–H groups in total. The van der Waals surface area contributed by atoms with Crippen molar-refractivity contribution in [2.24, 2.45) is 0 Å². The molecule has 0 amide bonds. The first-order chi connectivity index (χ1) is 16.7. The van der Waals surface area contributed by atoms with Gasteiger partial charge in [-0.1, -0.05) is 19.3 Å². The fraction of sp³-hybridized carbons (Fsp3) is 0.583. The summed E-state index contributed by atoms with van der Waals surface area (Å²) in [4.78, 5) is 21.2. The van der Waals surface area contributed by atoms with Crippen LogP contribution in [0.4, 0.5) is 0 Å². The Kier molecular flexibility index (Phi) is 5.70. The third-order valence-electron chi connectivity index (χ3n) is 7.42. The summed E-state index contributed by atoms with van der Waals surface area (Å²) in [5.41, 5.74) is 1.29. The van der Waals surface area contributed by atoms with E-state index in [1.165, 1.54) is 19.3 Å². The van der Waals surface area contributed by atoms with Crippen LogP contribution in [0.2, 0.25) is 0 Å². The molecular weight excluding hydrogens is 434 g/mol. The largest absolute Gasteiger partial charge is 0.486 e. The van der Waals surface area contributed by atoms with Crippen molar-refractivity contribution in [3.05, 3.63) is 39.9 Å². The maximum atomic E-state index is 13.5. The fourth-order valence-electron chi connectivity index (χ4n) is 5.51. The number of tetrazole rings is 1. The summed E-state index contributed by atoms with van der Waals surface area (Å²) < 4.78 is 13.5. The maximum absolute atomic E-state index is 13.5. The first-order valence-electron chi connectivity index (χ1n) is 12.3. The SMILES string of the molecule is CN1CCN(C(c2cc3cc4c(cc3[nH]c2=O)OCCO4)c2nnnn2C2CCCCC2)CC1. The lowest BCUT2D eigenvalue weighted by Crippen LogP contribution is -2.47. The van der Waals surface area contributed by atoms with E-state index in [2.05, 4.69) is 37.4 Å². The Balaban J connectivity index is 1.46. The van der Waals surface area contributed by atoms with Gasteiger partial charge in [-0.15, -0.1) is 5.10 Å². The minimum Gasteiger partial charge on any atom is -0.486 e. The van der Waals surface area contributed by atoms with Crippen molar-refractivity contribution in [3.8, 4) is 11.5 Å². The van der Waals surface area contributed by atoms with Crippen LogP contribution in [-0.4, -0.2) is 81.4 Å². The van der Waals surface area contributed by atoms with Gasteiger partial charge in [0.1, 0.15) is 19.3 Å². The number of nitrogens with one attached hydrogen (secondary N) is 1. The van der Waals surface area contributed by atoms with E-state index in [1.807, 2.05) is 22.9 Å². The lowest BCUT2D eigenvalue weighted by atomic mass is 9.95. The molecule has 2 aliphatic heterocycles. The van der Waals surface area contributed by atoms with Gasteiger partial charge in [0.25, 0.3) is 5.56 Å². The zero-order chi connectivity index (χ0) is 23.1. The number of benzene rings is 1. The number of ether oxygens (including phenoxy) is 2. The molecule has 180 valence electrons. The van der Waals surface area contributed by atoms with Gasteiger partial charge < -0.3 is 19.4 Å². The number of pyridine rings is 1. The van der Waals surface area contributed by atoms with Crippen LogP contribution in [0.1, 0.15) is 55.6 Å². The third-order valence-corrected chi connectivity index (χ3v) is 7.42. The summed E-state index contributed by atoms with van der Waals surface area (Å²) in [6.45, 7) is 4.59. The Hall–Kier alpha value is -2.98. The number of rotatable bonds is 4. The highest BCUT2D eigenvalue weighted by molar-refractivity contribution is 5.83. The van der Waals surface area contributed by atoms with E-state index >= 15 is 0 Å². The number of likely N-dealkylation sites (N-methyl/N-ethyl adjacent to an activating group) is 1. The molecule has 0 bridgehead atoms. The molecule has 3 aromatic rings. The predicted octanol–water partition coefficient (Wildman–Crippen LogP) is 2.13. The van der Waals surface area contributed by atoms with Crippen LogP contribution in [0, 0.1) is 0 Å². The summed E-state index contributed by atoms with van der Waals surface area (Å²) >= 11 is 0. The second kappa shape index (κ2) is 8.99. The maximum Gasteiger partial charge on any atom is 0.253 e. The highest BCUT2D eigenvalue weighted by Gasteiger charge is 2.34. The first kappa shape index (κ1) is 21.5. The van der Waals surface area contributed by atoms with E-state index < -0.39 is 0 Å². The van der Waals surface area contributed by atoms with Crippen LogP contribution in [0.25, 0.3) is 10.9 Å². The number of aromatic amines is 1. The highest BCUT2D eigenvalue weighted by Crippen LogP contribution is 2.36. The van der Waals surface area contributed by atoms with Crippen molar-refractivity contribution in [2.75, 3.05) is 46.4 Å². The highest BCUT2D eigenvalue weighted by atomic mass is 16.6. The van der Waals surface area contributed by atoms with Gasteiger partial charge in [0.15, 0.2) is 17.3 Å². The number of nitrogens with zero attached hydrogens (tertiary/aromatic N) is 6. The number of hydrogen-bond acceptors (Lipinski definition) is 8. The van der Waals surface area contributed by atoms with Gasteiger partial charge >= 0.3 is 0 Å².